The Morgan fingerprint density at radius 2 is 2.00 bits per heavy atom. The average molecular weight is 268 g/mol. The minimum atomic E-state index is -0.845. The van der Waals surface area contributed by atoms with Crippen molar-refractivity contribution >= 4 is 17.7 Å². The molecule has 0 fully saturated rings. The number of carbonyl (C=O) groups is 1. The Bertz CT molecular complexity index is 362. The summed E-state index contributed by atoms with van der Waals surface area (Å²) in [5.41, 5.74) is 2.14. The summed E-state index contributed by atoms with van der Waals surface area (Å²) in [5, 5.41) is 18.4. The van der Waals surface area contributed by atoms with E-state index in [4.69, 9.17) is 5.11 Å². The van der Waals surface area contributed by atoms with Gasteiger partial charge in [-0.1, -0.05) is 37.6 Å². The van der Waals surface area contributed by atoms with Crippen molar-refractivity contribution in [3.63, 3.8) is 0 Å². The van der Waals surface area contributed by atoms with E-state index in [1.165, 1.54) is 30.2 Å². The number of benzene rings is 1. The first kappa shape index (κ1) is 15.1. The Balaban J connectivity index is 2.43. The van der Waals surface area contributed by atoms with Crippen molar-refractivity contribution in [2.75, 3.05) is 11.5 Å². The molecular weight excluding hydrogens is 248 g/mol. The molecule has 0 aliphatic carbocycles. The lowest BCUT2D eigenvalue weighted by atomic mass is 10.0. The second-order valence-electron chi connectivity index (χ2n) is 4.27. The molecule has 4 heteroatoms. The van der Waals surface area contributed by atoms with Gasteiger partial charge in [-0.05, 0) is 24.0 Å². The summed E-state index contributed by atoms with van der Waals surface area (Å²) in [6.07, 6.45) is 2.84. The average Bonchev–Trinajstić information content (AvgIpc) is 2.36. The van der Waals surface area contributed by atoms with Crippen LogP contribution in [0.1, 0.15) is 37.0 Å². The van der Waals surface area contributed by atoms with Crippen molar-refractivity contribution in [3.8, 4) is 0 Å². The SMILES string of the molecule is CCCCc1ccc(C(O)CSCC(=O)O)cc1. The summed E-state index contributed by atoms with van der Waals surface area (Å²) in [7, 11) is 0. The summed E-state index contributed by atoms with van der Waals surface area (Å²) < 4.78 is 0. The predicted molar refractivity (Wildman–Crippen MR) is 75.0 cm³/mol. The third-order valence-electron chi connectivity index (χ3n) is 2.68. The largest absolute Gasteiger partial charge is 0.481 e. The van der Waals surface area contributed by atoms with Crippen LogP contribution in [-0.2, 0) is 11.2 Å². The van der Waals surface area contributed by atoms with Gasteiger partial charge in [0.05, 0.1) is 11.9 Å². The summed E-state index contributed by atoms with van der Waals surface area (Å²) >= 11 is 1.23. The normalized spacial score (nSPS) is 12.3. The molecule has 0 aliphatic rings. The number of aliphatic hydroxyl groups excluding tert-OH is 1. The number of thioether (sulfide) groups is 1. The number of aliphatic carboxylic acids is 1. The standard InChI is InChI=1S/C14H20O3S/c1-2-3-4-11-5-7-12(8-6-11)13(15)9-18-10-14(16)17/h5-8,13,15H,2-4,9-10H2,1H3,(H,16,17). The Morgan fingerprint density at radius 3 is 2.56 bits per heavy atom. The number of aliphatic hydroxyl groups is 1. The third-order valence-corrected chi connectivity index (χ3v) is 3.69. The van der Waals surface area contributed by atoms with Crippen molar-refractivity contribution in [1.29, 1.82) is 0 Å². The first-order valence-corrected chi connectivity index (χ1v) is 7.35. The molecule has 1 aromatic carbocycles. The molecule has 18 heavy (non-hydrogen) atoms. The second kappa shape index (κ2) is 8.16. The van der Waals surface area contributed by atoms with E-state index < -0.39 is 12.1 Å². The van der Waals surface area contributed by atoms with Gasteiger partial charge in [0.1, 0.15) is 0 Å². The van der Waals surface area contributed by atoms with Crippen molar-refractivity contribution < 1.29 is 15.0 Å². The Morgan fingerprint density at radius 1 is 1.33 bits per heavy atom. The molecule has 0 spiro atoms. The zero-order valence-corrected chi connectivity index (χ0v) is 11.4. The van der Waals surface area contributed by atoms with E-state index in [1.54, 1.807) is 0 Å². The number of carboxylic acids is 1. The fourth-order valence-corrected chi connectivity index (χ4v) is 2.35. The number of carboxylic acid groups (broad SMARTS) is 1. The van der Waals surface area contributed by atoms with Gasteiger partial charge in [0.25, 0.3) is 0 Å². The molecule has 0 aromatic heterocycles. The van der Waals surface area contributed by atoms with E-state index in [-0.39, 0.29) is 5.75 Å². The minimum absolute atomic E-state index is 0.0334. The van der Waals surface area contributed by atoms with Gasteiger partial charge in [-0.25, -0.2) is 0 Å². The van der Waals surface area contributed by atoms with Crippen LogP contribution in [0, 0.1) is 0 Å². The maximum Gasteiger partial charge on any atom is 0.313 e. The lowest BCUT2D eigenvalue weighted by Crippen LogP contribution is -2.05. The van der Waals surface area contributed by atoms with Crippen LogP contribution in [-0.4, -0.2) is 27.7 Å². The van der Waals surface area contributed by atoms with E-state index in [2.05, 4.69) is 6.92 Å². The van der Waals surface area contributed by atoms with Crippen LogP contribution >= 0.6 is 11.8 Å². The Labute approximate surface area is 112 Å². The molecule has 0 heterocycles. The molecule has 2 N–H and O–H groups in total. The molecule has 1 unspecified atom stereocenters. The zero-order valence-electron chi connectivity index (χ0n) is 10.6. The minimum Gasteiger partial charge on any atom is -0.481 e. The summed E-state index contributed by atoms with van der Waals surface area (Å²) in [6, 6.07) is 7.93. The number of hydrogen-bond donors (Lipinski definition) is 2. The number of unbranched alkanes of at least 4 members (excludes halogenated alkanes) is 1. The predicted octanol–water partition coefficient (Wildman–Crippen LogP) is 2.88. The van der Waals surface area contributed by atoms with Crippen molar-refractivity contribution in [1.82, 2.24) is 0 Å². The number of aryl methyl sites for hydroxylation is 1. The molecule has 1 aromatic rings. The van der Waals surface area contributed by atoms with Crippen molar-refractivity contribution in [2.45, 2.75) is 32.3 Å². The molecule has 0 amide bonds. The van der Waals surface area contributed by atoms with Gasteiger partial charge >= 0.3 is 5.97 Å². The maximum absolute atomic E-state index is 10.4. The summed E-state index contributed by atoms with van der Waals surface area (Å²) in [4.78, 5) is 10.4. The van der Waals surface area contributed by atoms with Crippen LogP contribution in [0.2, 0.25) is 0 Å². The van der Waals surface area contributed by atoms with Gasteiger partial charge in [-0.3, -0.25) is 4.79 Å². The van der Waals surface area contributed by atoms with Gasteiger partial charge in [0, 0.05) is 5.75 Å². The molecule has 1 rings (SSSR count). The van der Waals surface area contributed by atoms with Crippen LogP contribution in [0.5, 0.6) is 0 Å². The van der Waals surface area contributed by atoms with E-state index in [0.717, 1.165) is 12.0 Å². The van der Waals surface area contributed by atoms with Gasteiger partial charge in [-0.2, -0.15) is 0 Å². The number of rotatable bonds is 8. The lowest BCUT2D eigenvalue weighted by Gasteiger charge is -2.10. The van der Waals surface area contributed by atoms with Gasteiger partial charge in [0.2, 0.25) is 0 Å². The molecule has 0 aliphatic heterocycles. The highest BCUT2D eigenvalue weighted by molar-refractivity contribution is 7.99. The highest BCUT2D eigenvalue weighted by Crippen LogP contribution is 2.19. The van der Waals surface area contributed by atoms with Gasteiger partial charge < -0.3 is 10.2 Å². The van der Waals surface area contributed by atoms with E-state index in [1.807, 2.05) is 24.3 Å². The Hall–Kier alpha value is -1.00. The zero-order chi connectivity index (χ0) is 13.4. The fraction of sp³-hybridized carbons (Fsp3) is 0.500. The monoisotopic (exact) mass is 268 g/mol. The quantitative estimate of drug-likeness (QED) is 0.761. The maximum atomic E-state index is 10.4. The second-order valence-corrected chi connectivity index (χ2v) is 5.30. The molecule has 0 saturated carbocycles. The summed E-state index contributed by atoms with van der Waals surface area (Å²) in [6.45, 7) is 2.16. The van der Waals surface area contributed by atoms with Crippen molar-refractivity contribution in [2.24, 2.45) is 0 Å². The Kier molecular flexibility index (Phi) is 6.83. The van der Waals surface area contributed by atoms with Crippen molar-refractivity contribution in [3.05, 3.63) is 35.4 Å². The van der Waals surface area contributed by atoms with Crippen LogP contribution < -0.4 is 0 Å². The lowest BCUT2D eigenvalue weighted by molar-refractivity contribution is -0.133. The van der Waals surface area contributed by atoms with Crippen LogP contribution in [0.25, 0.3) is 0 Å². The highest BCUT2D eigenvalue weighted by atomic mass is 32.2. The van der Waals surface area contributed by atoms with E-state index in [0.29, 0.717) is 5.75 Å². The third kappa shape index (κ3) is 5.56. The van der Waals surface area contributed by atoms with Crippen LogP contribution in [0.15, 0.2) is 24.3 Å². The molecule has 0 bridgehead atoms. The smallest absolute Gasteiger partial charge is 0.313 e. The molecule has 0 saturated heterocycles. The topological polar surface area (TPSA) is 57.5 Å². The summed E-state index contributed by atoms with van der Waals surface area (Å²) in [5.74, 6) is -0.395. The number of hydrogen-bond acceptors (Lipinski definition) is 3. The van der Waals surface area contributed by atoms with Crippen LogP contribution in [0.3, 0.4) is 0 Å². The molecule has 3 nitrogen and oxygen atoms in total. The molecule has 1 atom stereocenters. The first-order chi connectivity index (χ1) is 8.63. The molecular formula is C14H20O3S. The van der Waals surface area contributed by atoms with Crippen LogP contribution in [0.4, 0.5) is 0 Å². The molecule has 100 valence electrons. The van der Waals surface area contributed by atoms with Gasteiger partial charge in [0.15, 0.2) is 0 Å². The first-order valence-electron chi connectivity index (χ1n) is 6.20. The van der Waals surface area contributed by atoms with E-state index in [9.17, 15) is 9.90 Å². The van der Waals surface area contributed by atoms with E-state index >= 15 is 0 Å². The highest BCUT2D eigenvalue weighted by Gasteiger charge is 2.08. The van der Waals surface area contributed by atoms with Gasteiger partial charge in [-0.15, -0.1) is 11.8 Å². The molecule has 0 radical (unpaired) electrons. The fourth-order valence-electron chi connectivity index (χ4n) is 1.64.